The van der Waals surface area contributed by atoms with Crippen molar-refractivity contribution in [3.63, 3.8) is 0 Å². The molecule has 0 aromatic heterocycles. The van der Waals surface area contributed by atoms with E-state index < -0.39 is 16.1 Å². The van der Waals surface area contributed by atoms with Crippen molar-refractivity contribution in [2.45, 2.75) is 55.6 Å². The van der Waals surface area contributed by atoms with Crippen LogP contribution in [0.25, 0.3) is 0 Å². The van der Waals surface area contributed by atoms with Gasteiger partial charge in [0.1, 0.15) is 11.8 Å². The van der Waals surface area contributed by atoms with Crippen LogP contribution >= 0.6 is 0 Å². The molecule has 0 spiro atoms. The molecule has 0 unspecified atom stereocenters. The molecular formula is C36H39N3O5S. The van der Waals surface area contributed by atoms with Crippen molar-refractivity contribution < 1.29 is 22.7 Å². The second-order valence-electron chi connectivity index (χ2n) is 11.2. The van der Waals surface area contributed by atoms with Gasteiger partial charge in [-0.15, -0.1) is 0 Å². The van der Waals surface area contributed by atoms with Crippen LogP contribution in [-0.2, 0) is 39.0 Å². The molecule has 0 heterocycles. The molecule has 2 amide bonds. The Morgan fingerprint density at radius 2 is 1.40 bits per heavy atom. The Hall–Kier alpha value is -4.47. The molecule has 1 aliphatic carbocycles. The fourth-order valence-electron chi connectivity index (χ4n) is 5.15. The number of nitrogens with one attached hydrogen (secondary N) is 2. The minimum Gasteiger partial charge on any atom is -0.497 e. The summed E-state index contributed by atoms with van der Waals surface area (Å²) >= 11 is 0. The van der Waals surface area contributed by atoms with Crippen LogP contribution in [0.15, 0.2) is 114 Å². The van der Waals surface area contributed by atoms with Crippen molar-refractivity contribution in [2.24, 2.45) is 0 Å². The third kappa shape index (κ3) is 9.03. The van der Waals surface area contributed by atoms with Crippen molar-refractivity contribution in [1.29, 1.82) is 0 Å². The molecule has 8 nitrogen and oxygen atoms in total. The molecule has 9 heteroatoms. The summed E-state index contributed by atoms with van der Waals surface area (Å²) in [5.74, 6) is 0.259. The molecule has 234 valence electrons. The Bertz CT molecular complexity index is 1660. The number of sulfonamides is 1. The molecule has 4 aromatic rings. The average molecular weight is 626 g/mol. The number of carbonyl (C=O) groups excluding carboxylic acids is 2. The number of aryl methyl sites for hydroxylation is 1. The van der Waals surface area contributed by atoms with Crippen molar-refractivity contribution in [1.82, 2.24) is 14.9 Å². The minimum atomic E-state index is -3.55. The number of benzene rings is 4. The summed E-state index contributed by atoms with van der Waals surface area (Å²) in [6, 6.07) is 32.5. The summed E-state index contributed by atoms with van der Waals surface area (Å²) in [6.45, 7) is 0.653. The maximum absolute atomic E-state index is 14.0. The van der Waals surface area contributed by atoms with Gasteiger partial charge in [-0.3, -0.25) is 9.59 Å². The highest BCUT2D eigenvalue weighted by molar-refractivity contribution is 7.89. The van der Waals surface area contributed by atoms with Crippen LogP contribution in [0.1, 0.15) is 47.6 Å². The quantitative estimate of drug-likeness (QED) is 0.189. The van der Waals surface area contributed by atoms with Gasteiger partial charge < -0.3 is 15.0 Å². The normalized spacial score (nSPS) is 13.5. The minimum absolute atomic E-state index is 0.0251. The fraction of sp³-hybridized carbons (Fsp3) is 0.278. The highest BCUT2D eigenvalue weighted by Gasteiger charge is 2.31. The summed E-state index contributed by atoms with van der Waals surface area (Å²) in [4.78, 5) is 29.7. The van der Waals surface area contributed by atoms with E-state index in [4.69, 9.17) is 4.74 Å². The molecule has 0 radical (unpaired) electrons. The van der Waals surface area contributed by atoms with Crippen LogP contribution < -0.4 is 14.8 Å². The number of rotatable bonds is 15. The van der Waals surface area contributed by atoms with E-state index >= 15 is 0 Å². The Morgan fingerprint density at radius 3 is 2.02 bits per heavy atom. The summed E-state index contributed by atoms with van der Waals surface area (Å²) < 4.78 is 33.1. The number of carbonyl (C=O) groups is 2. The van der Waals surface area contributed by atoms with Crippen molar-refractivity contribution in [3.05, 3.63) is 131 Å². The maximum atomic E-state index is 14.0. The third-order valence-electron chi connectivity index (χ3n) is 7.82. The molecule has 4 aromatic carbocycles. The lowest BCUT2D eigenvalue weighted by molar-refractivity contribution is -0.141. The molecule has 0 bridgehead atoms. The zero-order valence-electron chi connectivity index (χ0n) is 25.4. The van der Waals surface area contributed by atoms with E-state index in [-0.39, 0.29) is 35.7 Å². The smallest absolute Gasteiger partial charge is 0.247 e. The summed E-state index contributed by atoms with van der Waals surface area (Å²) in [5, 5.41) is 3.07. The van der Waals surface area contributed by atoms with Crippen LogP contribution in [-0.4, -0.2) is 44.8 Å². The predicted molar refractivity (Wildman–Crippen MR) is 174 cm³/mol. The number of methoxy groups -OCH3 is 1. The first kappa shape index (κ1) is 31.9. The second kappa shape index (κ2) is 15.0. The van der Waals surface area contributed by atoms with E-state index in [9.17, 15) is 18.0 Å². The van der Waals surface area contributed by atoms with E-state index in [0.717, 1.165) is 29.5 Å². The Labute approximate surface area is 265 Å². The first-order valence-corrected chi connectivity index (χ1v) is 16.7. The molecule has 5 rings (SSSR count). The Morgan fingerprint density at radius 1 is 0.800 bits per heavy atom. The van der Waals surface area contributed by atoms with E-state index in [0.29, 0.717) is 30.7 Å². The number of ether oxygens (including phenoxy) is 1. The molecule has 0 aliphatic heterocycles. The molecule has 1 atom stereocenters. The van der Waals surface area contributed by atoms with Crippen LogP contribution in [0.3, 0.4) is 0 Å². The summed E-state index contributed by atoms with van der Waals surface area (Å²) in [7, 11) is -1.95. The average Bonchev–Trinajstić information content (AvgIpc) is 3.88. The van der Waals surface area contributed by atoms with Gasteiger partial charge in [0.05, 0.1) is 12.0 Å². The topological polar surface area (TPSA) is 105 Å². The molecular weight excluding hydrogens is 586 g/mol. The van der Waals surface area contributed by atoms with E-state index in [1.165, 1.54) is 0 Å². The van der Waals surface area contributed by atoms with Gasteiger partial charge in [0.25, 0.3) is 0 Å². The van der Waals surface area contributed by atoms with Crippen LogP contribution in [0.2, 0.25) is 0 Å². The first-order chi connectivity index (χ1) is 21.8. The monoisotopic (exact) mass is 625 g/mol. The highest BCUT2D eigenvalue weighted by atomic mass is 32.2. The van der Waals surface area contributed by atoms with Crippen LogP contribution in [0, 0.1) is 0 Å². The lowest BCUT2D eigenvalue weighted by atomic mass is 10.0. The van der Waals surface area contributed by atoms with Crippen LogP contribution in [0.4, 0.5) is 0 Å². The lowest BCUT2D eigenvalue weighted by Crippen LogP contribution is -2.44. The predicted octanol–water partition coefficient (Wildman–Crippen LogP) is 5.20. The molecule has 0 saturated heterocycles. The number of nitrogens with zero attached hydrogens (tertiary/aromatic N) is 1. The van der Waals surface area contributed by atoms with Crippen molar-refractivity contribution >= 4 is 21.8 Å². The summed E-state index contributed by atoms with van der Waals surface area (Å²) in [5.41, 5.74) is 3.53. The highest BCUT2D eigenvalue weighted by Crippen LogP contribution is 2.26. The van der Waals surface area contributed by atoms with E-state index in [1.807, 2.05) is 84.9 Å². The first-order valence-electron chi connectivity index (χ1n) is 15.2. The molecule has 45 heavy (non-hydrogen) atoms. The number of hydrogen-bond acceptors (Lipinski definition) is 5. The van der Waals surface area contributed by atoms with Gasteiger partial charge >= 0.3 is 0 Å². The summed E-state index contributed by atoms with van der Waals surface area (Å²) in [6.07, 6.45) is 2.93. The lowest BCUT2D eigenvalue weighted by Gasteiger charge is -2.32. The van der Waals surface area contributed by atoms with Gasteiger partial charge in [-0.25, -0.2) is 13.1 Å². The molecule has 2 N–H and O–H groups in total. The second-order valence-corrected chi connectivity index (χ2v) is 13.0. The van der Waals surface area contributed by atoms with Gasteiger partial charge in [0.15, 0.2) is 0 Å². The Kier molecular flexibility index (Phi) is 10.7. The van der Waals surface area contributed by atoms with Crippen molar-refractivity contribution in [2.75, 3.05) is 13.7 Å². The zero-order valence-corrected chi connectivity index (χ0v) is 26.2. The van der Waals surface area contributed by atoms with E-state index in [1.54, 1.807) is 36.3 Å². The maximum Gasteiger partial charge on any atom is 0.247 e. The van der Waals surface area contributed by atoms with Crippen LogP contribution in [0.5, 0.6) is 5.75 Å². The fourth-order valence-corrected chi connectivity index (χ4v) is 6.45. The van der Waals surface area contributed by atoms with Gasteiger partial charge in [-0.1, -0.05) is 84.9 Å². The van der Waals surface area contributed by atoms with Gasteiger partial charge in [0.2, 0.25) is 21.8 Å². The van der Waals surface area contributed by atoms with E-state index in [2.05, 4.69) is 10.0 Å². The van der Waals surface area contributed by atoms with Crippen molar-refractivity contribution in [3.8, 4) is 5.75 Å². The molecule has 1 aliphatic rings. The largest absolute Gasteiger partial charge is 0.497 e. The molecule has 1 saturated carbocycles. The van der Waals surface area contributed by atoms with Gasteiger partial charge in [-0.05, 0) is 72.2 Å². The third-order valence-corrected chi connectivity index (χ3v) is 9.36. The number of hydrogen-bond donors (Lipinski definition) is 2. The zero-order chi connectivity index (χ0) is 31.6. The van der Waals surface area contributed by atoms with Gasteiger partial charge in [-0.2, -0.15) is 0 Å². The SMILES string of the molecule is COc1ccc(CN(C(=O)CCc2ccc(S(=O)(=O)NC3CC3)cc2)[C@@H](C(=O)NCCc2ccccc2)c2ccccc2)cc1. The van der Waals surface area contributed by atoms with Gasteiger partial charge in [0, 0.05) is 25.6 Å². The molecule has 1 fully saturated rings. The number of amides is 2. The Balaban J connectivity index is 1.35. The standard InChI is InChI=1S/C36H39N3O5S/c1-44-32-19-12-29(13-20-32)26-39(34(40)23-16-28-14-21-33(22-15-28)45(42,43)38-31-17-18-31)35(30-10-6-3-7-11-30)36(41)37-25-24-27-8-4-2-5-9-27/h2-15,19-22,31,35,38H,16-18,23-26H2,1H3,(H,37,41)/t35-/m1/s1.